The average Bonchev–Trinajstić information content (AvgIpc) is 3.00. The van der Waals surface area contributed by atoms with E-state index in [1.165, 1.54) is 18.2 Å². The lowest BCUT2D eigenvalue weighted by atomic mass is 9.84. The lowest BCUT2D eigenvalue weighted by Gasteiger charge is -2.36. The molecule has 216 valence electrons. The Labute approximate surface area is 230 Å². The van der Waals surface area contributed by atoms with E-state index in [1.54, 1.807) is 11.8 Å². The van der Waals surface area contributed by atoms with Crippen LogP contribution in [0.15, 0.2) is 34.3 Å². The van der Waals surface area contributed by atoms with Crippen molar-refractivity contribution < 1.29 is 32.2 Å². The number of rotatable bonds is 7. The Hall–Kier alpha value is -2.69. The fourth-order valence-electron chi connectivity index (χ4n) is 4.76. The van der Waals surface area contributed by atoms with Crippen LogP contribution in [0.4, 0.5) is 11.4 Å². The fraction of sp³-hybridized carbons (Fsp3) is 0.577. The van der Waals surface area contributed by atoms with Gasteiger partial charge in [0.05, 0.1) is 35.6 Å². The maximum atomic E-state index is 14.1. The standard InChI is InChI=1S/C26H39N4O7PS/c1-10-37-38(34)19-15-17(30(16(2)31)39(9,35)36)11-12-18(19)27-23(28-38)20-21(32)22(26(6,7)8)29(24(20)33)14-13-25(3,4)5/h11-12,15,22,32H,10,13-14H2,1-9H3,(H,27,28,34). The highest BCUT2D eigenvalue weighted by atomic mass is 32.2. The molecule has 39 heavy (non-hydrogen) atoms. The highest BCUT2D eigenvalue weighted by molar-refractivity contribution is 7.92. The summed E-state index contributed by atoms with van der Waals surface area (Å²) in [7, 11) is -8.03. The maximum Gasteiger partial charge on any atom is 0.348 e. The smallest absolute Gasteiger partial charge is 0.348 e. The first-order valence-corrected chi connectivity index (χ1v) is 16.2. The Morgan fingerprint density at radius 1 is 1.23 bits per heavy atom. The Balaban J connectivity index is 2.15. The van der Waals surface area contributed by atoms with Gasteiger partial charge in [-0.3, -0.25) is 14.2 Å². The molecule has 0 bridgehead atoms. The van der Waals surface area contributed by atoms with Crippen molar-refractivity contribution >= 4 is 51.9 Å². The Morgan fingerprint density at radius 2 is 1.85 bits per heavy atom. The van der Waals surface area contributed by atoms with E-state index in [0.29, 0.717) is 17.3 Å². The number of aliphatic hydroxyl groups is 1. The molecule has 0 aromatic heterocycles. The topological polar surface area (TPSA) is 146 Å². The van der Waals surface area contributed by atoms with Gasteiger partial charge < -0.3 is 19.8 Å². The first kappa shape index (κ1) is 30.8. The first-order valence-electron chi connectivity index (χ1n) is 12.7. The molecule has 2 atom stereocenters. The van der Waals surface area contributed by atoms with Crippen LogP contribution in [-0.2, 0) is 28.7 Å². The van der Waals surface area contributed by atoms with Crippen LogP contribution in [0.25, 0.3) is 0 Å². The van der Waals surface area contributed by atoms with Crippen molar-refractivity contribution in [2.45, 2.75) is 67.9 Å². The number of sulfonamides is 1. The molecule has 0 saturated heterocycles. The van der Waals surface area contributed by atoms with Gasteiger partial charge in [-0.05, 0) is 42.4 Å². The van der Waals surface area contributed by atoms with Gasteiger partial charge in [0.15, 0.2) is 5.84 Å². The van der Waals surface area contributed by atoms with Gasteiger partial charge in [-0.2, -0.15) is 4.76 Å². The number of nitrogens with zero attached hydrogens (tertiary/aromatic N) is 3. The SMILES string of the molecule is CCOP1(=O)N=C(C2=C(O)C(C(C)(C)C)N(CCC(C)(C)C)C2=O)Nc2ccc(N(C(C)=O)S(C)(=O)=O)cc21. The molecule has 2 amide bonds. The molecular formula is C26H39N4O7PS. The van der Waals surface area contributed by atoms with Gasteiger partial charge in [-0.25, -0.2) is 12.7 Å². The molecule has 0 saturated carbocycles. The van der Waals surface area contributed by atoms with E-state index < -0.39 is 40.8 Å². The minimum absolute atomic E-state index is 0.00151. The molecular weight excluding hydrogens is 543 g/mol. The van der Waals surface area contributed by atoms with Crippen molar-refractivity contribution in [2.75, 3.05) is 29.0 Å². The van der Waals surface area contributed by atoms with Crippen molar-refractivity contribution in [1.82, 2.24) is 4.90 Å². The van der Waals surface area contributed by atoms with Crippen LogP contribution >= 0.6 is 7.52 Å². The second-order valence-corrected chi connectivity index (χ2v) is 15.9. The number of fused-ring (bicyclic) bond motifs is 1. The number of carbonyl (C=O) groups excluding carboxylic acids is 2. The van der Waals surface area contributed by atoms with Crippen molar-refractivity contribution in [3.63, 3.8) is 0 Å². The number of amides is 2. The van der Waals surface area contributed by atoms with Crippen molar-refractivity contribution in [3.05, 3.63) is 29.5 Å². The normalized spacial score (nSPS) is 22.0. The van der Waals surface area contributed by atoms with Crippen molar-refractivity contribution in [3.8, 4) is 0 Å². The predicted molar refractivity (Wildman–Crippen MR) is 153 cm³/mol. The fourth-order valence-corrected chi connectivity index (χ4v) is 7.52. The lowest BCUT2D eigenvalue weighted by molar-refractivity contribution is -0.128. The number of anilines is 2. The molecule has 0 radical (unpaired) electrons. The highest BCUT2D eigenvalue weighted by Gasteiger charge is 2.48. The van der Waals surface area contributed by atoms with Gasteiger partial charge in [0.25, 0.3) is 5.91 Å². The van der Waals surface area contributed by atoms with Gasteiger partial charge in [0.1, 0.15) is 11.3 Å². The highest BCUT2D eigenvalue weighted by Crippen LogP contribution is 2.53. The number of hydrogen-bond donors (Lipinski definition) is 2. The number of aliphatic hydroxyl groups excluding tert-OH is 1. The molecule has 11 nitrogen and oxygen atoms in total. The van der Waals surface area contributed by atoms with Gasteiger partial charge in [0.2, 0.25) is 15.9 Å². The lowest BCUT2D eigenvalue weighted by Crippen LogP contribution is -2.45. The van der Waals surface area contributed by atoms with E-state index in [0.717, 1.165) is 13.2 Å². The number of benzene rings is 1. The summed E-state index contributed by atoms with van der Waals surface area (Å²) in [4.78, 5) is 27.5. The summed E-state index contributed by atoms with van der Waals surface area (Å²) in [6, 6.07) is 3.48. The van der Waals surface area contributed by atoms with Crippen molar-refractivity contribution in [1.29, 1.82) is 0 Å². The summed E-state index contributed by atoms with van der Waals surface area (Å²) in [5.41, 5.74) is -0.411. The average molecular weight is 583 g/mol. The third kappa shape index (κ3) is 6.23. The molecule has 1 aromatic rings. The van der Waals surface area contributed by atoms with Crippen LogP contribution in [0.5, 0.6) is 0 Å². The monoisotopic (exact) mass is 582 g/mol. The zero-order chi connectivity index (χ0) is 29.7. The Bertz CT molecular complexity index is 1400. The zero-order valence-corrected chi connectivity index (χ0v) is 25.7. The third-order valence-electron chi connectivity index (χ3n) is 6.39. The summed E-state index contributed by atoms with van der Waals surface area (Å²) in [6.45, 7) is 15.1. The minimum atomic E-state index is -4.06. The largest absolute Gasteiger partial charge is 0.509 e. The Kier molecular flexibility index (Phi) is 8.20. The second kappa shape index (κ2) is 10.4. The maximum absolute atomic E-state index is 14.1. The van der Waals surface area contributed by atoms with E-state index >= 15 is 0 Å². The van der Waals surface area contributed by atoms with Gasteiger partial charge in [-0.1, -0.05) is 41.5 Å². The molecule has 3 rings (SSSR count). The second-order valence-electron chi connectivity index (χ2n) is 12.1. The number of hydrogen-bond acceptors (Lipinski definition) is 8. The Morgan fingerprint density at radius 3 is 2.33 bits per heavy atom. The van der Waals surface area contributed by atoms with E-state index in [9.17, 15) is 27.7 Å². The molecule has 0 aliphatic carbocycles. The summed E-state index contributed by atoms with van der Waals surface area (Å²) in [5, 5.41) is 14.4. The molecule has 1 aromatic carbocycles. The van der Waals surface area contributed by atoms with E-state index in [-0.39, 0.29) is 45.9 Å². The molecule has 2 heterocycles. The third-order valence-corrected chi connectivity index (χ3v) is 9.57. The molecule has 0 spiro atoms. The number of carbonyl (C=O) groups is 2. The summed E-state index contributed by atoms with van der Waals surface area (Å²) < 4.78 is 49.2. The summed E-state index contributed by atoms with van der Waals surface area (Å²) >= 11 is 0. The van der Waals surface area contributed by atoms with E-state index in [1.807, 2.05) is 20.8 Å². The van der Waals surface area contributed by atoms with Crippen LogP contribution < -0.4 is 14.9 Å². The van der Waals surface area contributed by atoms with E-state index in [2.05, 4.69) is 30.9 Å². The van der Waals surface area contributed by atoms with Crippen LogP contribution in [0, 0.1) is 10.8 Å². The summed E-state index contributed by atoms with van der Waals surface area (Å²) in [6.07, 6.45) is 1.59. The van der Waals surface area contributed by atoms with Crippen LogP contribution in [0.2, 0.25) is 0 Å². The van der Waals surface area contributed by atoms with Gasteiger partial charge >= 0.3 is 7.52 Å². The van der Waals surface area contributed by atoms with Crippen LogP contribution in [0.1, 0.15) is 61.8 Å². The molecule has 2 aliphatic rings. The first-order chi connectivity index (χ1) is 17.7. The number of amidine groups is 1. The molecule has 0 fully saturated rings. The molecule has 2 N–H and O–H groups in total. The predicted octanol–water partition coefficient (Wildman–Crippen LogP) is 4.18. The van der Waals surface area contributed by atoms with Crippen LogP contribution in [0.3, 0.4) is 0 Å². The van der Waals surface area contributed by atoms with Gasteiger partial charge in [0, 0.05) is 13.5 Å². The quantitative estimate of drug-likeness (QED) is 0.456. The van der Waals surface area contributed by atoms with Gasteiger partial charge in [-0.15, -0.1) is 0 Å². The summed E-state index contributed by atoms with van der Waals surface area (Å²) in [5.74, 6) is -1.44. The molecule has 2 unspecified atom stereocenters. The minimum Gasteiger partial charge on any atom is -0.509 e. The van der Waals surface area contributed by atoms with Crippen molar-refractivity contribution in [2.24, 2.45) is 15.6 Å². The van der Waals surface area contributed by atoms with E-state index in [4.69, 9.17) is 4.52 Å². The number of nitrogens with one attached hydrogen (secondary N) is 1. The van der Waals surface area contributed by atoms with Crippen LogP contribution in [-0.4, -0.2) is 61.5 Å². The molecule has 2 aliphatic heterocycles. The molecule has 13 heteroatoms. The zero-order valence-electron chi connectivity index (χ0n) is 24.0.